The van der Waals surface area contributed by atoms with Crippen LogP contribution in [0.15, 0.2) is 5.10 Å². The first-order valence-electron chi connectivity index (χ1n) is 9.89. The number of carbonyl (C=O) groups is 2. The van der Waals surface area contributed by atoms with Crippen molar-refractivity contribution in [3.63, 3.8) is 0 Å². The summed E-state index contributed by atoms with van der Waals surface area (Å²) in [6.07, 6.45) is 5.28. The molecule has 0 unspecified atom stereocenters. The number of likely N-dealkylation sites (tertiary alicyclic amines) is 1. The summed E-state index contributed by atoms with van der Waals surface area (Å²) in [5.74, 6) is -0.310. The molecule has 27 heavy (non-hydrogen) atoms. The van der Waals surface area contributed by atoms with Crippen LogP contribution >= 0.6 is 0 Å². The second-order valence-electron chi connectivity index (χ2n) is 8.39. The zero-order valence-electron chi connectivity index (χ0n) is 15.5. The fourth-order valence-corrected chi connectivity index (χ4v) is 6.61. The van der Waals surface area contributed by atoms with Gasteiger partial charge in [0.1, 0.15) is 5.71 Å². The first-order chi connectivity index (χ1) is 12.8. The van der Waals surface area contributed by atoms with Gasteiger partial charge in [-0.3, -0.25) is 9.59 Å². The molecule has 3 fully saturated rings. The molecule has 3 atom stereocenters. The van der Waals surface area contributed by atoms with Crippen LogP contribution in [0.4, 0.5) is 0 Å². The van der Waals surface area contributed by atoms with Crippen LogP contribution in [0.1, 0.15) is 51.4 Å². The van der Waals surface area contributed by atoms with Gasteiger partial charge in [0.15, 0.2) is 9.84 Å². The number of piperidine rings is 1. The van der Waals surface area contributed by atoms with E-state index in [0.717, 1.165) is 25.7 Å². The van der Waals surface area contributed by atoms with Crippen LogP contribution in [-0.4, -0.2) is 77.2 Å². The number of amides is 2. The van der Waals surface area contributed by atoms with Crippen molar-refractivity contribution in [2.75, 3.05) is 24.6 Å². The van der Waals surface area contributed by atoms with Gasteiger partial charge < -0.3 is 10.0 Å². The van der Waals surface area contributed by atoms with Gasteiger partial charge in [0.05, 0.1) is 23.1 Å². The van der Waals surface area contributed by atoms with Crippen molar-refractivity contribution in [3.8, 4) is 0 Å². The van der Waals surface area contributed by atoms with Crippen LogP contribution in [0.3, 0.4) is 0 Å². The summed E-state index contributed by atoms with van der Waals surface area (Å²) >= 11 is 0. The third kappa shape index (κ3) is 3.63. The van der Waals surface area contributed by atoms with E-state index in [1.807, 2.05) is 0 Å². The van der Waals surface area contributed by atoms with Gasteiger partial charge in [-0.15, -0.1) is 0 Å². The number of rotatable bonds is 2. The molecule has 150 valence electrons. The van der Waals surface area contributed by atoms with Crippen molar-refractivity contribution >= 4 is 27.4 Å². The summed E-state index contributed by atoms with van der Waals surface area (Å²) in [5.41, 5.74) is -0.316. The summed E-state index contributed by atoms with van der Waals surface area (Å²) in [7, 11) is -3.13. The summed E-state index contributed by atoms with van der Waals surface area (Å²) in [5, 5.41) is 16.3. The third-order valence-corrected chi connectivity index (χ3v) is 8.33. The van der Waals surface area contributed by atoms with Crippen molar-refractivity contribution in [1.82, 2.24) is 9.91 Å². The Balaban J connectivity index is 1.48. The third-order valence-electron chi connectivity index (χ3n) is 6.58. The molecule has 0 radical (unpaired) electrons. The van der Waals surface area contributed by atoms with E-state index in [0.29, 0.717) is 38.1 Å². The minimum atomic E-state index is -3.13. The van der Waals surface area contributed by atoms with E-state index in [4.69, 9.17) is 0 Å². The zero-order valence-corrected chi connectivity index (χ0v) is 16.3. The summed E-state index contributed by atoms with van der Waals surface area (Å²) < 4.78 is 23.5. The lowest BCUT2D eigenvalue weighted by molar-refractivity contribution is -0.137. The van der Waals surface area contributed by atoms with E-state index < -0.39 is 21.5 Å². The van der Waals surface area contributed by atoms with Crippen molar-refractivity contribution in [2.24, 2.45) is 11.0 Å². The highest BCUT2D eigenvalue weighted by Crippen LogP contribution is 2.40. The van der Waals surface area contributed by atoms with Gasteiger partial charge in [-0.2, -0.15) is 5.10 Å². The molecule has 1 saturated carbocycles. The van der Waals surface area contributed by atoms with Gasteiger partial charge in [0.25, 0.3) is 5.91 Å². The zero-order chi connectivity index (χ0) is 19.2. The van der Waals surface area contributed by atoms with Crippen LogP contribution in [0.5, 0.6) is 0 Å². The van der Waals surface area contributed by atoms with Gasteiger partial charge in [0.2, 0.25) is 5.91 Å². The number of hydrogen-bond acceptors (Lipinski definition) is 6. The lowest BCUT2D eigenvalue weighted by Crippen LogP contribution is -2.56. The number of carbonyl (C=O) groups excluding carboxylic acids is 2. The minimum absolute atomic E-state index is 0.0621. The number of hydrogen-bond donors (Lipinski definition) is 1. The average molecular weight is 397 g/mol. The van der Waals surface area contributed by atoms with Gasteiger partial charge in [-0.05, 0) is 25.7 Å². The van der Waals surface area contributed by atoms with Crippen LogP contribution < -0.4 is 0 Å². The lowest BCUT2D eigenvalue weighted by Gasteiger charge is -2.47. The van der Waals surface area contributed by atoms with Gasteiger partial charge in [-0.25, -0.2) is 13.4 Å². The fourth-order valence-electron chi connectivity index (χ4n) is 4.92. The van der Waals surface area contributed by atoms with Crippen molar-refractivity contribution in [3.05, 3.63) is 0 Å². The van der Waals surface area contributed by atoms with Crippen molar-refractivity contribution in [2.45, 2.75) is 63.0 Å². The predicted octanol–water partition coefficient (Wildman–Crippen LogP) is 0.306. The quantitative estimate of drug-likeness (QED) is 0.721. The molecule has 1 N–H and O–H groups in total. The van der Waals surface area contributed by atoms with Crippen LogP contribution in [-0.2, 0) is 19.4 Å². The number of aliphatic hydroxyl groups is 1. The Kier molecular flexibility index (Phi) is 4.78. The number of sulfone groups is 1. The Hall–Kier alpha value is -1.48. The number of nitrogens with zero attached hydrogens (tertiary/aromatic N) is 3. The van der Waals surface area contributed by atoms with Crippen LogP contribution in [0, 0.1) is 5.92 Å². The predicted molar refractivity (Wildman–Crippen MR) is 98.7 cm³/mol. The van der Waals surface area contributed by atoms with E-state index in [1.165, 1.54) is 5.01 Å². The monoisotopic (exact) mass is 397 g/mol. The average Bonchev–Trinajstić information content (AvgIpc) is 3.00. The first kappa shape index (κ1) is 18.9. The molecule has 2 amide bonds. The Morgan fingerprint density at radius 1 is 1.19 bits per heavy atom. The molecule has 0 aromatic rings. The maximum absolute atomic E-state index is 13.0. The minimum Gasteiger partial charge on any atom is -0.389 e. The standard InChI is InChI=1S/C18H27N3O5S/c22-16-5-4-15(19-21(16)14-6-10-27(25,26)12-14)17(23)20-9-8-18(24)7-2-1-3-13(18)11-20/h13-14,24H,1-12H2/t13-,14+,18-/m0/s1. The molecule has 0 bridgehead atoms. The maximum Gasteiger partial charge on any atom is 0.270 e. The molecule has 3 aliphatic heterocycles. The smallest absolute Gasteiger partial charge is 0.270 e. The van der Waals surface area contributed by atoms with Crippen molar-refractivity contribution in [1.29, 1.82) is 0 Å². The number of fused-ring (bicyclic) bond motifs is 1. The molecular weight excluding hydrogens is 370 g/mol. The number of hydrazone groups is 1. The maximum atomic E-state index is 13.0. The molecule has 0 spiro atoms. The van der Waals surface area contributed by atoms with Crippen molar-refractivity contribution < 1.29 is 23.1 Å². The molecule has 4 rings (SSSR count). The molecular formula is C18H27N3O5S. The SMILES string of the molecule is O=C(C1=NN([C@@H]2CCS(=O)(=O)C2)C(=O)CC1)N1CC[C@@]2(O)CCCC[C@H]2C1. The normalized spacial score (nSPS) is 36.3. The molecule has 2 saturated heterocycles. The van der Waals surface area contributed by atoms with E-state index in [-0.39, 0.29) is 35.7 Å². The largest absolute Gasteiger partial charge is 0.389 e. The molecule has 4 aliphatic rings. The summed E-state index contributed by atoms with van der Waals surface area (Å²) in [6, 6.07) is -0.463. The molecule has 9 heteroatoms. The Bertz CT molecular complexity index is 780. The van der Waals surface area contributed by atoms with E-state index in [1.54, 1.807) is 4.90 Å². The Morgan fingerprint density at radius 3 is 2.74 bits per heavy atom. The molecule has 0 aromatic carbocycles. The second-order valence-corrected chi connectivity index (χ2v) is 10.6. The second kappa shape index (κ2) is 6.84. The highest BCUT2D eigenvalue weighted by Gasteiger charge is 2.45. The van der Waals surface area contributed by atoms with Gasteiger partial charge in [0, 0.05) is 31.8 Å². The van der Waals surface area contributed by atoms with E-state index in [9.17, 15) is 23.1 Å². The highest BCUT2D eigenvalue weighted by molar-refractivity contribution is 7.91. The molecule has 3 heterocycles. The van der Waals surface area contributed by atoms with E-state index >= 15 is 0 Å². The Morgan fingerprint density at radius 2 is 2.00 bits per heavy atom. The fraction of sp³-hybridized carbons (Fsp3) is 0.833. The Labute approximate surface area is 159 Å². The van der Waals surface area contributed by atoms with Gasteiger partial charge >= 0.3 is 0 Å². The van der Waals surface area contributed by atoms with Crippen LogP contribution in [0.25, 0.3) is 0 Å². The molecule has 8 nitrogen and oxygen atoms in total. The topological polar surface area (TPSA) is 107 Å². The molecule has 0 aromatic heterocycles. The van der Waals surface area contributed by atoms with E-state index in [2.05, 4.69) is 5.10 Å². The first-order valence-corrected chi connectivity index (χ1v) is 11.7. The lowest BCUT2D eigenvalue weighted by atomic mass is 9.71. The molecule has 1 aliphatic carbocycles. The highest BCUT2D eigenvalue weighted by atomic mass is 32.2. The van der Waals surface area contributed by atoms with Crippen LogP contribution in [0.2, 0.25) is 0 Å². The van der Waals surface area contributed by atoms with Gasteiger partial charge in [-0.1, -0.05) is 12.8 Å². The summed E-state index contributed by atoms with van der Waals surface area (Å²) in [4.78, 5) is 27.0. The summed E-state index contributed by atoms with van der Waals surface area (Å²) in [6.45, 7) is 1.02.